The predicted octanol–water partition coefficient (Wildman–Crippen LogP) is 4.34. The van der Waals surface area contributed by atoms with Crippen molar-refractivity contribution in [1.29, 1.82) is 0 Å². The Morgan fingerprint density at radius 1 is 1.00 bits per heavy atom. The van der Waals surface area contributed by atoms with Gasteiger partial charge in [0.1, 0.15) is 5.82 Å². The van der Waals surface area contributed by atoms with E-state index in [1.807, 2.05) is 42.5 Å². The molecule has 1 aromatic carbocycles. The number of nitrogens with zero attached hydrogens (tertiary/aromatic N) is 2. The minimum atomic E-state index is -0.332. The quantitative estimate of drug-likeness (QED) is 0.724. The van der Waals surface area contributed by atoms with Gasteiger partial charge >= 0.3 is 0 Å². The van der Waals surface area contributed by atoms with E-state index in [1.165, 1.54) is 12.3 Å². The molecule has 0 saturated heterocycles. The maximum atomic E-state index is 13.0. The molecule has 3 nitrogen and oxygen atoms in total. The molecule has 2 heterocycles. The summed E-state index contributed by atoms with van der Waals surface area (Å²) in [5, 5.41) is 4.17. The predicted molar refractivity (Wildman–Crippen MR) is 93.2 cm³/mol. The summed E-state index contributed by atoms with van der Waals surface area (Å²) >= 11 is 5.95. The highest BCUT2D eigenvalue weighted by atomic mass is 35.5. The molecular formula is C19H17ClFN3. The fourth-order valence-electron chi connectivity index (χ4n) is 2.46. The van der Waals surface area contributed by atoms with Gasteiger partial charge in [-0.15, -0.1) is 0 Å². The number of benzene rings is 1. The topological polar surface area (TPSA) is 37.8 Å². The Morgan fingerprint density at radius 3 is 2.50 bits per heavy atom. The van der Waals surface area contributed by atoms with E-state index in [0.717, 1.165) is 28.4 Å². The molecule has 0 unspecified atom stereocenters. The Hall–Kier alpha value is -2.30. The van der Waals surface area contributed by atoms with Gasteiger partial charge in [0.25, 0.3) is 0 Å². The van der Waals surface area contributed by atoms with Crippen LogP contribution in [-0.2, 0) is 13.0 Å². The van der Waals surface area contributed by atoms with Gasteiger partial charge in [0.05, 0.1) is 23.6 Å². The molecule has 0 fully saturated rings. The van der Waals surface area contributed by atoms with E-state index in [4.69, 9.17) is 11.6 Å². The third kappa shape index (κ3) is 4.60. The van der Waals surface area contributed by atoms with E-state index >= 15 is 0 Å². The third-order valence-electron chi connectivity index (χ3n) is 3.72. The van der Waals surface area contributed by atoms with Gasteiger partial charge in [0.15, 0.2) is 0 Å². The lowest BCUT2D eigenvalue weighted by molar-refractivity contribution is 0.512. The first-order valence-corrected chi connectivity index (χ1v) is 8.08. The van der Waals surface area contributed by atoms with E-state index in [0.29, 0.717) is 6.54 Å². The van der Waals surface area contributed by atoms with Crippen molar-refractivity contribution in [3.63, 3.8) is 0 Å². The molecule has 1 N–H and O–H groups in total. The molecule has 0 aliphatic carbocycles. The highest BCUT2D eigenvalue weighted by molar-refractivity contribution is 6.30. The zero-order valence-electron chi connectivity index (χ0n) is 13.0. The standard InChI is InChI=1S/C19H17ClFN3/c20-15-6-4-14(5-7-15)11-19(18-3-1-2-10-22-18)24-13-17-9-8-16(21)12-23-17/h1-10,12,19,24H,11,13H2/t19-/m1/s1. The molecule has 1 atom stereocenters. The summed E-state index contributed by atoms with van der Waals surface area (Å²) in [6.45, 7) is 0.537. The van der Waals surface area contributed by atoms with Crippen molar-refractivity contribution >= 4 is 11.6 Å². The third-order valence-corrected chi connectivity index (χ3v) is 3.97. The Bertz CT molecular complexity index is 761. The molecule has 3 rings (SSSR count). The molecule has 0 bridgehead atoms. The van der Waals surface area contributed by atoms with Crippen LogP contribution in [0.3, 0.4) is 0 Å². The van der Waals surface area contributed by atoms with Gasteiger partial charge < -0.3 is 5.32 Å². The van der Waals surface area contributed by atoms with Crippen LogP contribution in [0.2, 0.25) is 5.02 Å². The molecule has 122 valence electrons. The van der Waals surface area contributed by atoms with Crippen molar-refractivity contribution in [2.45, 2.75) is 19.0 Å². The van der Waals surface area contributed by atoms with Gasteiger partial charge in [-0.3, -0.25) is 9.97 Å². The number of hydrogen-bond acceptors (Lipinski definition) is 3. The lowest BCUT2D eigenvalue weighted by Crippen LogP contribution is -2.24. The zero-order chi connectivity index (χ0) is 16.8. The Balaban J connectivity index is 1.74. The second-order valence-corrected chi connectivity index (χ2v) is 5.92. The zero-order valence-corrected chi connectivity index (χ0v) is 13.7. The van der Waals surface area contributed by atoms with Crippen LogP contribution in [0.15, 0.2) is 67.0 Å². The van der Waals surface area contributed by atoms with E-state index in [2.05, 4.69) is 15.3 Å². The van der Waals surface area contributed by atoms with Gasteiger partial charge in [-0.1, -0.05) is 29.8 Å². The van der Waals surface area contributed by atoms with E-state index < -0.39 is 0 Å². The second-order valence-electron chi connectivity index (χ2n) is 5.49. The first-order chi connectivity index (χ1) is 11.7. The monoisotopic (exact) mass is 341 g/mol. The number of rotatable bonds is 6. The first kappa shape index (κ1) is 16.6. The SMILES string of the molecule is Fc1ccc(CN[C@H](Cc2ccc(Cl)cc2)c2ccccn2)nc1. The summed E-state index contributed by atoms with van der Waals surface area (Å²) in [5.41, 5.74) is 2.90. The van der Waals surface area contributed by atoms with Gasteiger partial charge in [0, 0.05) is 17.8 Å². The highest BCUT2D eigenvalue weighted by Crippen LogP contribution is 2.19. The largest absolute Gasteiger partial charge is 0.303 e. The number of pyridine rings is 2. The fraction of sp³-hybridized carbons (Fsp3) is 0.158. The Kier molecular flexibility index (Phi) is 5.51. The average Bonchev–Trinajstić information content (AvgIpc) is 2.62. The van der Waals surface area contributed by atoms with Crippen molar-refractivity contribution in [2.75, 3.05) is 0 Å². The summed E-state index contributed by atoms with van der Waals surface area (Å²) in [4.78, 5) is 8.54. The van der Waals surface area contributed by atoms with Crippen LogP contribution >= 0.6 is 11.6 Å². The number of aromatic nitrogens is 2. The minimum absolute atomic E-state index is 0.0271. The van der Waals surface area contributed by atoms with Crippen molar-refractivity contribution < 1.29 is 4.39 Å². The number of nitrogens with one attached hydrogen (secondary N) is 1. The Labute approximate surface area is 145 Å². The molecule has 0 spiro atoms. The smallest absolute Gasteiger partial charge is 0.141 e. The summed E-state index contributed by atoms with van der Waals surface area (Å²) < 4.78 is 13.0. The molecule has 24 heavy (non-hydrogen) atoms. The maximum Gasteiger partial charge on any atom is 0.141 e. The highest BCUT2D eigenvalue weighted by Gasteiger charge is 2.13. The van der Waals surface area contributed by atoms with Gasteiger partial charge in [-0.25, -0.2) is 4.39 Å². The van der Waals surface area contributed by atoms with Gasteiger partial charge in [0.2, 0.25) is 0 Å². The fourth-order valence-corrected chi connectivity index (χ4v) is 2.58. The minimum Gasteiger partial charge on any atom is -0.303 e. The summed E-state index contributed by atoms with van der Waals surface area (Å²) in [5.74, 6) is -0.332. The van der Waals surface area contributed by atoms with Crippen LogP contribution in [0.1, 0.15) is 23.0 Å². The molecular weight excluding hydrogens is 325 g/mol. The molecule has 5 heteroatoms. The normalized spacial score (nSPS) is 12.1. The maximum absolute atomic E-state index is 13.0. The van der Waals surface area contributed by atoms with Gasteiger partial charge in [-0.2, -0.15) is 0 Å². The van der Waals surface area contributed by atoms with Crippen LogP contribution in [0.4, 0.5) is 4.39 Å². The molecule has 0 radical (unpaired) electrons. The molecule has 0 amide bonds. The molecule has 2 aromatic heterocycles. The van der Waals surface area contributed by atoms with E-state index in [9.17, 15) is 4.39 Å². The van der Waals surface area contributed by atoms with Crippen LogP contribution in [-0.4, -0.2) is 9.97 Å². The number of halogens is 2. The first-order valence-electron chi connectivity index (χ1n) is 7.70. The molecule has 0 aliphatic heterocycles. The van der Waals surface area contributed by atoms with E-state index in [1.54, 1.807) is 12.3 Å². The molecule has 3 aromatic rings. The van der Waals surface area contributed by atoms with Gasteiger partial charge in [-0.05, 0) is 48.4 Å². The summed E-state index contributed by atoms with van der Waals surface area (Å²) in [6.07, 6.45) is 3.78. The molecule has 0 saturated carbocycles. The molecule has 0 aliphatic rings. The summed E-state index contributed by atoms with van der Waals surface area (Å²) in [6, 6.07) is 16.8. The van der Waals surface area contributed by atoms with Crippen LogP contribution in [0, 0.1) is 5.82 Å². The van der Waals surface area contributed by atoms with Crippen molar-refractivity contribution in [1.82, 2.24) is 15.3 Å². The lowest BCUT2D eigenvalue weighted by atomic mass is 10.0. The van der Waals surface area contributed by atoms with Crippen LogP contribution < -0.4 is 5.32 Å². The van der Waals surface area contributed by atoms with Crippen LogP contribution in [0.25, 0.3) is 0 Å². The second kappa shape index (κ2) is 7.99. The lowest BCUT2D eigenvalue weighted by Gasteiger charge is -2.18. The Morgan fingerprint density at radius 2 is 1.83 bits per heavy atom. The summed E-state index contributed by atoms with van der Waals surface area (Å²) in [7, 11) is 0. The van der Waals surface area contributed by atoms with Crippen molar-refractivity contribution in [3.8, 4) is 0 Å². The average molecular weight is 342 g/mol. The van der Waals surface area contributed by atoms with Crippen molar-refractivity contribution in [3.05, 3.63) is 94.8 Å². The van der Waals surface area contributed by atoms with Crippen molar-refractivity contribution in [2.24, 2.45) is 0 Å². The van der Waals surface area contributed by atoms with Crippen LogP contribution in [0.5, 0.6) is 0 Å². The van der Waals surface area contributed by atoms with E-state index in [-0.39, 0.29) is 11.9 Å². The number of hydrogen-bond donors (Lipinski definition) is 1.